The van der Waals surface area contributed by atoms with Crippen molar-refractivity contribution < 1.29 is 4.74 Å². The van der Waals surface area contributed by atoms with Crippen molar-refractivity contribution in [2.45, 2.75) is 51.2 Å². The van der Waals surface area contributed by atoms with E-state index in [-0.39, 0.29) is 6.10 Å². The second kappa shape index (κ2) is 5.53. The number of ether oxygens (including phenoxy) is 1. The Morgan fingerprint density at radius 2 is 2.06 bits per heavy atom. The predicted molar refractivity (Wildman–Crippen MR) is 65.5 cm³/mol. The second-order valence-electron chi connectivity index (χ2n) is 4.91. The van der Waals surface area contributed by atoms with E-state index in [9.17, 15) is 0 Å². The van der Waals surface area contributed by atoms with Crippen LogP contribution in [-0.2, 0) is 4.74 Å². The monoisotopic (exact) mass is 225 g/mol. The van der Waals surface area contributed by atoms with Crippen LogP contribution < -0.4 is 5.73 Å². The molecule has 0 radical (unpaired) electrons. The first-order chi connectivity index (χ1) is 7.75. The topological polar surface area (TPSA) is 50.8 Å². The molecule has 16 heavy (non-hydrogen) atoms. The van der Waals surface area contributed by atoms with Crippen molar-refractivity contribution in [1.29, 1.82) is 0 Å². The third kappa shape index (κ3) is 3.11. The summed E-state index contributed by atoms with van der Waals surface area (Å²) in [5.74, 6) is 0.726. The normalized spacial score (nSPS) is 29.4. The van der Waals surface area contributed by atoms with Crippen LogP contribution in [0.4, 0.5) is 0 Å². The van der Waals surface area contributed by atoms with Gasteiger partial charge in [-0.1, -0.05) is 12.8 Å². The molecule has 0 aromatic carbocycles. The molecule has 1 heterocycles. The molecule has 92 valence electrons. The van der Waals surface area contributed by atoms with Gasteiger partial charge in [0.1, 0.15) is 0 Å². The molecule has 2 fully saturated rings. The second-order valence-corrected chi connectivity index (χ2v) is 4.91. The van der Waals surface area contributed by atoms with Crippen LogP contribution in [0, 0.1) is 0 Å². The van der Waals surface area contributed by atoms with Crippen molar-refractivity contribution in [3.05, 3.63) is 0 Å². The first kappa shape index (κ1) is 11.7. The van der Waals surface area contributed by atoms with Crippen molar-refractivity contribution in [2.24, 2.45) is 10.7 Å². The smallest absolute Gasteiger partial charge is 0.191 e. The molecule has 2 rings (SSSR count). The molecule has 0 bridgehead atoms. The highest BCUT2D eigenvalue weighted by atomic mass is 16.5. The average Bonchev–Trinajstić information content (AvgIpc) is 2.65. The van der Waals surface area contributed by atoms with E-state index in [1.165, 1.54) is 25.7 Å². The number of nitrogens with zero attached hydrogens (tertiary/aromatic N) is 2. The number of nitrogens with two attached hydrogens (primary N) is 1. The standard InChI is InChI=1S/C12H23N3O/c1-10-9-15(7-4-8-16-10)12(13)14-11-5-2-3-6-11/h10-11H,2-9H2,1H3,(H2,13,14). The fraction of sp³-hybridized carbons (Fsp3) is 0.917. The van der Waals surface area contributed by atoms with Crippen molar-refractivity contribution in [3.63, 3.8) is 0 Å². The molecule has 2 aliphatic rings. The number of hydrogen-bond acceptors (Lipinski definition) is 2. The van der Waals surface area contributed by atoms with E-state index in [2.05, 4.69) is 16.8 Å². The van der Waals surface area contributed by atoms with Gasteiger partial charge in [0.15, 0.2) is 5.96 Å². The van der Waals surface area contributed by atoms with E-state index in [1.807, 2.05) is 0 Å². The Morgan fingerprint density at radius 1 is 1.31 bits per heavy atom. The van der Waals surface area contributed by atoms with Gasteiger partial charge in [-0.15, -0.1) is 0 Å². The molecule has 1 saturated heterocycles. The molecule has 1 aliphatic heterocycles. The summed E-state index contributed by atoms with van der Waals surface area (Å²) in [5, 5.41) is 0. The molecule has 0 aromatic heterocycles. The zero-order valence-corrected chi connectivity index (χ0v) is 10.2. The van der Waals surface area contributed by atoms with E-state index in [0.717, 1.165) is 32.1 Å². The van der Waals surface area contributed by atoms with E-state index in [0.29, 0.717) is 6.04 Å². The maximum atomic E-state index is 6.08. The van der Waals surface area contributed by atoms with Crippen molar-refractivity contribution in [3.8, 4) is 0 Å². The van der Waals surface area contributed by atoms with Gasteiger partial charge in [-0.25, -0.2) is 4.99 Å². The Bertz CT molecular complexity index is 249. The Hall–Kier alpha value is -0.770. The predicted octanol–water partition coefficient (Wildman–Crippen LogP) is 1.35. The summed E-state index contributed by atoms with van der Waals surface area (Å²) in [6, 6.07) is 0.472. The summed E-state index contributed by atoms with van der Waals surface area (Å²) >= 11 is 0. The SMILES string of the molecule is CC1CN(C(N)=NC2CCCC2)CCCO1. The summed E-state index contributed by atoms with van der Waals surface area (Å²) in [6.07, 6.45) is 6.34. The molecule has 0 spiro atoms. The maximum Gasteiger partial charge on any atom is 0.191 e. The highest BCUT2D eigenvalue weighted by molar-refractivity contribution is 5.78. The molecule has 0 amide bonds. The summed E-state index contributed by atoms with van der Waals surface area (Å²) < 4.78 is 5.60. The lowest BCUT2D eigenvalue weighted by molar-refractivity contribution is 0.0742. The van der Waals surface area contributed by atoms with Crippen LogP contribution >= 0.6 is 0 Å². The highest BCUT2D eigenvalue weighted by Gasteiger charge is 2.19. The molecule has 4 nitrogen and oxygen atoms in total. The Morgan fingerprint density at radius 3 is 2.81 bits per heavy atom. The first-order valence-corrected chi connectivity index (χ1v) is 6.45. The van der Waals surface area contributed by atoms with Crippen molar-refractivity contribution in [2.75, 3.05) is 19.7 Å². The van der Waals surface area contributed by atoms with Gasteiger partial charge in [-0.05, 0) is 26.2 Å². The van der Waals surface area contributed by atoms with E-state index in [4.69, 9.17) is 10.5 Å². The molecule has 1 unspecified atom stereocenters. The van der Waals surface area contributed by atoms with Gasteiger partial charge in [0, 0.05) is 19.7 Å². The van der Waals surface area contributed by atoms with Gasteiger partial charge in [-0.3, -0.25) is 0 Å². The third-order valence-electron chi connectivity index (χ3n) is 3.42. The average molecular weight is 225 g/mol. The van der Waals surface area contributed by atoms with Gasteiger partial charge < -0.3 is 15.4 Å². The Balaban J connectivity index is 1.93. The lowest BCUT2D eigenvalue weighted by Gasteiger charge is -2.23. The van der Waals surface area contributed by atoms with Gasteiger partial charge in [-0.2, -0.15) is 0 Å². The van der Waals surface area contributed by atoms with Crippen LogP contribution in [0.25, 0.3) is 0 Å². The molecule has 2 N–H and O–H groups in total. The van der Waals surface area contributed by atoms with Crippen LogP contribution in [0.2, 0.25) is 0 Å². The highest BCUT2D eigenvalue weighted by Crippen LogP contribution is 2.21. The molecule has 0 aromatic rings. The van der Waals surface area contributed by atoms with E-state index < -0.39 is 0 Å². The Labute approximate surface area is 97.9 Å². The molecular formula is C12H23N3O. The number of guanidine groups is 1. The minimum Gasteiger partial charge on any atom is -0.377 e. The fourth-order valence-electron chi connectivity index (χ4n) is 2.50. The lowest BCUT2D eigenvalue weighted by Crippen LogP contribution is -2.41. The van der Waals surface area contributed by atoms with Gasteiger partial charge in [0.25, 0.3) is 0 Å². The summed E-state index contributed by atoms with van der Waals surface area (Å²) in [5.41, 5.74) is 6.08. The summed E-state index contributed by atoms with van der Waals surface area (Å²) in [4.78, 5) is 6.82. The van der Waals surface area contributed by atoms with Crippen LogP contribution in [0.5, 0.6) is 0 Å². The molecule has 1 aliphatic carbocycles. The molecular weight excluding hydrogens is 202 g/mol. The van der Waals surface area contributed by atoms with Crippen molar-refractivity contribution >= 4 is 5.96 Å². The zero-order valence-electron chi connectivity index (χ0n) is 10.2. The quantitative estimate of drug-likeness (QED) is 0.541. The Kier molecular flexibility index (Phi) is 4.04. The molecule has 1 saturated carbocycles. The summed E-state index contributed by atoms with van der Waals surface area (Å²) in [7, 11) is 0. The number of rotatable bonds is 1. The van der Waals surface area contributed by atoms with E-state index >= 15 is 0 Å². The minimum absolute atomic E-state index is 0.264. The van der Waals surface area contributed by atoms with Crippen molar-refractivity contribution in [1.82, 2.24) is 4.90 Å². The maximum absolute atomic E-state index is 6.08. The van der Waals surface area contributed by atoms with Gasteiger partial charge in [0.2, 0.25) is 0 Å². The zero-order chi connectivity index (χ0) is 11.4. The van der Waals surface area contributed by atoms with Crippen LogP contribution in [0.3, 0.4) is 0 Å². The number of hydrogen-bond donors (Lipinski definition) is 1. The minimum atomic E-state index is 0.264. The molecule has 1 atom stereocenters. The first-order valence-electron chi connectivity index (χ1n) is 6.45. The molecule has 4 heteroatoms. The fourth-order valence-corrected chi connectivity index (χ4v) is 2.50. The lowest BCUT2D eigenvalue weighted by atomic mass is 10.3. The van der Waals surface area contributed by atoms with Crippen LogP contribution in [0.1, 0.15) is 39.0 Å². The van der Waals surface area contributed by atoms with Crippen LogP contribution in [0.15, 0.2) is 4.99 Å². The van der Waals surface area contributed by atoms with Crippen LogP contribution in [-0.4, -0.2) is 42.7 Å². The van der Waals surface area contributed by atoms with Gasteiger partial charge in [0.05, 0.1) is 12.1 Å². The summed E-state index contributed by atoms with van der Waals surface area (Å²) in [6.45, 7) is 4.80. The van der Waals surface area contributed by atoms with E-state index in [1.54, 1.807) is 0 Å². The number of aliphatic imine (C=N–C) groups is 1. The van der Waals surface area contributed by atoms with Gasteiger partial charge >= 0.3 is 0 Å². The largest absolute Gasteiger partial charge is 0.377 e. The third-order valence-corrected chi connectivity index (χ3v) is 3.42.